The molecule has 2 N–H and O–H groups in total. The van der Waals surface area contributed by atoms with Crippen molar-refractivity contribution in [2.75, 3.05) is 13.1 Å². The fourth-order valence-corrected chi connectivity index (χ4v) is 3.65. The fourth-order valence-electron chi connectivity index (χ4n) is 3.65. The standard InChI is InChI=1S/C18H30N2/c1-4-8-16-10-5-6-12-20(16)18(13-19)17-11-7-9-14(2)15(17)3/h7,9,11,16,18H,4-6,8,10,12-13,19H2,1-3H3. The zero-order chi connectivity index (χ0) is 14.5. The van der Waals surface area contributed by atoms with Crippen LogP contribution in [0.4, 0.5) is 0 Å². The number of nitrogens with zero attached hydrogens (tertiary/aromatic N) is 1. The molecule has 1 aliphatic heterocycles. The molecular weight excluding hydrogens is 244 g/mol. The molecule has 2 atom stereocenters. The summed E-state index contributed by atoms with van der Waals surface area (Å²) in [5, 5.41) is 0. The second kappa shape index (κ2) is 7.24. The minimum Gasteiger partial charge on any atom is -0.329 e. The second-order valence-electron chi connectivity index (χ2n) is 6.22. The summed E-state index contributed by atoms with van der Waals surface area (Å²) in [6.07, 6.45) is 6.62. The van der Waals surface area contributed by atoms with E-state index in [1.54, 1.807) is 0 Å². The molecule has 20 heavy (non-hydrogen) atoms. The number of hydrogen-bond acceptors (Lipinski definition) is 2. The van der Waals surface area contributed by atoms with Crippen LogP contribution in [0.2, 0.25) is 0 Å². The van der Waals surface area contributed by atoms with Crippen LogP contribution in [0.1, 0.15) is 61.8 Å². The lowest BCUT2D eigenvalue weighted by atomic mass is 9.91. The summed E-state index contributed by atoms with van der Waals surface area (Å²) in [5.41, 5.74) is 10.4. The number of aryl methyl sites for hydroxylation is 1. The molecule has 1 fully saturated rings. The Balaban J connectivity index is 2.27. The molecule has 0 amide bonds. The van der Waals surface area contributed by atoms with Gasteiger partial charge in [0.05, 0.1) is 0 Å². The predicted molar refractivity (Wildman–Crippen MR) is 87.0 cm³/mol. The predicted octanol–water partition coefficient (Wildman–Crippen LogP) is 3.96. The minimum absolute atomic E-state index is 0.395. The van der Waals surface area contributed by atoms with E-state index in [9.17, 15) is 0 Å². The van der Waals surface area contributed by atoms with Crippen molar-refractivity contribution in [1.82, 2.24) is 4.90 Å². The van der Waals surface area contributed by atoms with Gasteiger partial charge in [0.15, 0.2) is 0 Å². The third kappa shape index (κ3) is 3.24. The van der Waals surface area contributed by atoms with E-state index in [-0.39, 0.29) is 0 Å². The van der Waals surface area contributed by atoms with Crippen molar-refractivity contribution in [2.24, 2.45) is 5.73 Å². The second-order valence-corrected chi connectivity index (χ2v) is 6.22. The van der Waals surface area contributed by atoms with Crippen LogP contribution < -0.4 is 5.73 Å². The molecule has 1 aliphatic rings. The van der Waals surface area contributed by atoms with Gasteiger partial charge in [0.2, 0.25) is 0 Å². The topological polar surface area (TPSA) is 29.3 Å². The van der Waals surface area contributed by atoms with E-state index in [4.69, 9.17) is 5.73 Å². The van der Waals surface area contributed by atoms with Gasteiger partial charge >= 0.3 is 0 Å². The summed E-state index contributed by atoms with van der Waals surface area (Å²) >= 11 is 0. The maximum absolute atomic E-state index is 6.17. The van der Waals surface area contributed by atoms with Gasteiger partial charge in [0.25, 0.3) is 0 Å². The largest absolute Gasteiger partial charge is 0.329 e. The first-order valence-corrected chi connectivity index (χ1v) is 8.21. The van der Waals surface area contributed by atoms with Crippen LogP contribution in [0, 0.1) is 13.8 Å². The first-order valence-electron chi connectivity index (χ1n) is 8.21. The van der Waals surface area contributed by atoms with Crippen molar-refractivity contribution >= 4 is 0 Å². The van der Waals surface area contributed by atoms with E-state index in [1.165, 1.54) is 55.3 Å². The molecule has 1 saturated heterocycles. The average molecular weight is 274 g/mol. The smallest absolute Gasteiger partial charge is 0.0476 e. The lowest BCUT2D eigenvalue weighted by Gasteiger charge is -2.41. The maximum Gasteiger partial charge on any atom is 0.0476 e. The highest BCUT2D eigenvalue weighted by molar-refractivity contribution is 5.35. The van der Waals surface area contributed by atoms with Gasteiger partial charge in [0, 0.05) is 18.6 Å². The Morgan fingerprint density at radius 1 is 1.30 bits per heavy atom. The molecule has 2 heteroatoms. The molecule has 0 aliphatic carbocycles. The van der Waals surface area contributed by atoms with Crippen molar-refractivity contribution in [3.63, 3.8) is 0 Å². The van der Waals surface area contributed by atoms with E-state index < -0.39 is 0 Å². The molecule has 0 spiro atoms. The lowest BCUT2D eigenvalue weighted by Crippen LogP contribution is -2.44. The zero-order valence-corrected chi connectivity index (χ0v) is 13.4. The van der Waals surface area contributed by atoms with Crippen molar-refractivity contribution in [1.29, 1.82) is 0 Å². The molecule has 0 radical (unpaired) electrons. The highest BCUT2D eigenvalue weighted by atomic mass is 15.2. The van der Waals surface area contributed by atoms with Crippen molar-refractivity contribution in [2.45, 2.75) is 65.0 Å². The van der Waals surface area contributed by atoms with E-state index in [2.05, 4.69) is 43.9 Å². The highest BCUT2D eigenvalue weighted by Gasteiger charge is 2.29. The Kier molecular flexibility index (Phi) is 5.62. The van der Waals surface area contributed by atoms with Crippen LogP contribution in [0.25, 0.3) is 0 Å². The molecule has 1 heterocycles. The Hall–Kier alpha value is -0.860. The van der Waals surface area contributed by atoms with Gasteiger partial charge in [0.1, 0.15) is 0 Å². The third-order valence-corrected chi connectivity index (χ3v) is 4.92. The van der Waals surface area contributed by atoms with Gasteiger partial charge in [-0.2, -0.15) is 0 Å². The van der Waals surface area contributed by atoms with E-state index in [0.29, 0.717) is 6.04 Å². The van der Waals surface area contributed by atoms with Gasteiger partial charge < -0.3 is 5.73 Å². The molecule has 2 unspecified atom stereocenters. The van der Waals surface area contributed by atoms with Crippen molar-refractivity contribution < 1.29 is 0 Å². The van der Waals surface area contributed by atoms with Gasteiger partial charge in [-0.3, -0.25) is 4.90 Å². The SMILES string of the molecule is CCCC1CCCCN1C(CN)c1cccc(C)c1C. The van der Waals surface area contributed by atoms with Gasteiger partial charge in [-0.1, -0.05) is 38.0 Å². The number of hydrogen-bond donors (Lipinski definition) is 1. The van der Waals surface area contributed by atoms with Crippen LogP contribution in [0.3, 0.4) is 0 Å². The third-order valence-electron chi connectivity index (χ3n) is 4.92. The highest BCUT2D eigenvalue weighted by Crippen LogP contribution is 2.32. The molecule has 1 aromatic carbocycles. The van der Waals surface area contributed by atoms with Gasteiger partial charge in [-0.05, 0) is 56.3 Å². The van der Waals surface area contributed by atoms with Crippen LogP contribution in [0.15, 0.2) is 18.2 Å². The minimum atomic E-state index is 0.395. The molecule has 0 saturated carbocycles. The lowest BCUT2D eigenvalue weighted by molar-refractivity contribution is 0.0909. The molecule has 1 aromatic rings. The Bertz CT molecular complexity index is 425. The van der Waals surface area contributed by atoms with E-state index >= 15 is 0 Å². The number of benzene rings is 1. The first kappa shape index (κ1) is 15.5. The van der Waals surface area contributed by atoms with Crippen molar-refractivity contribution in [3.05, 3.63) is 34.9 Å². The number of nitrogens with two attached hydrogens (primary N) is 1. The van der Waals surface area contributed by atoms with Crippen LogP contribution in [0.5, 0.6) is 0 Å². The van der Waals surface area contributed by atoms with Gasteiger partial charge in [-0.15, -0.1) is 0 Å². The fraction of sp³-hybridized carbons (Fsp3) is 0.667. The Labute approximate surface area is 124 Å². The summed E-state index contributed by atoms with van der Waals surface area (Å²) in [4.78, 5) is 2.69. The zero-order valence-electron chi connectivity index (χ0n) is 13.4. The van der Waals surface area contributed by atoms with E-state index in [1.807, 2.05) is 0 Å². The molecule has 0 bridgehead atoms. The van der Waals surface area contributed by atoms with Gasteiger partial charge in [-0.25, -0.2) is 0 Å². The Morgan fingerprint density at radius 2 is 2.10 bits per heavy atom. The first-order chi connectivity index (χ1) is 9.69. The molecule has 112 valence electrons. The summed E-state index contributed by atoms with van der Waals surface area (Å²) in [7, 11) is 0. The number of likely N-dealkylation sites (tertiary alicyclic amines) is 1. The summed E-state index contributed by atoms with van der Waals surface area (Å²) in [6, 6.07) is 7.77. The summed E-state index contributed by atoms with van der Waals surface area (Å²) < 4.78 is 0. The molecule has 2 nitrogen and oxygen atoms in total. The number of piperidine rings is 1. The summed E-state index contributed by atoms with van der Waals surface area (Å²) in [6.45, 7) is 8.67. The molecular formula is C18H30N2. The monoisotopic (exact) mass is 274 g/mol. The Morgan fingerprint density at radius 3 is 2.80 bits per heavy atom. The maximum atomic E-state index is 6.17. The van der Waals surface area contributed by atoms with Crippen LogP contribution >= 0.6 is 0 Å². The molecule has 2 rings (SSSR count). The summed E-state index contributed by atoms with van der Waals surface area (Å²) in [5.74, 6) is 0. The number of rotatable bonds is 5. The molecule has 0 aromatic heterocycles. The average Bonchev–Trinajstić information content (AvgIpc) is 2.46. The van der Waals surface area contributed by atoms with E-state index in [0.717, 1.165) is 12.6 Å². The van der Waals surface area contributed by atoms with Crippen molar-refractivity contribution in [3.8, 4) is 0 Å². The normalized spacial score (nSPS) is 21.9. The quantitative estimate of drug-likeness (QED) is 0.880. The van der Waals surface area contributed by atoms with Crippen LogP contribution in [-0.2, 0) is 0 Å². The van der Waals surface area contributed by atoms with Crippen LogP contribution in [-0.4, -0.2) is 24.0 Å².